The number of aliphatic imine (C=N–C) groups is 1. The standard InChI is InChI=1S/C17H30N4O2S/c1-5-23-16(22)10-8-6-7-9-11-19-17(18-4)20-12-15-21-13(2)14(3)24-15/h5-12H2,1-4H3,(H2,18,19,20). The third-order valence-electron chi connectivity index (χ3n) is 3.61. The first kappa shape index (κ1) is 20.4. The first-order valence-electron chi connectivity index (χ1n) is 8.59. The van der Waals surface area contributed by atoms with Crippen molar-refractivity contribution in [1.29, 1.82) is 0 Å². The fraction of sp³-hybridized carbons (Fsp3) is 0.706. The first-order valence-corrected chi connectivity index (χ1v) is 9.41. The summed E-state index contributed by atoms with van der Waals surface area (Å²) in [6, 6.07) is 0. The van der Waals surface area contributed by atoms with Gasteiger partial charge in [0.2, 0.25) is 0 Å². The molecular weight excluding hydrogens is 324 g/mol. The van der Waals surface area contributed by atoms with Crippen LogP contribution in [0.5, 0.6) is 0 Å². The number of thiazole rings is 1. The summed E-state index contributed by atoms with van der Waals surface area (Å²) in [5.74, 6) is 0.708. The van der Waals surface area contributed by atoms with Crippen molar-refractivity contribution in [2.45, 2.75) is 59.4 Å². The molecule has 136 valence electrons. The fourth-order valence-corrected chi connectivity index (χ4v) is 3.06. The maximum absolute atomic E-state index is 11.2. The number of rotatable bonds is 10. The van der Waals surface area contributed by atoms with Crippen LogP contribution in [0.25, 0.3) is 0 Å². The first-order chi connectivity index (χ1) is 11.6. The van der Waals surface area contributed by atoms with Crippen molar-refractivity contribution in [1.82, 2.24) is 15.6 Å². The van der Waals surface area contributed by atoms with Crippen LogP contribution >= 0.6 is 11.3 Å². The van der Waals surface area contributed by atoms with Gasteiger partial charge < -0.3 is 15.4 Å². The van der Waals surface area contributed by atoms with E-state index in [1.54, 1.807) is 18.4 Å². The van der Waals surface area contributed by atoms with E-state index >= 15 is 0 Å². The topological polar surface area (TPSA) is 75.6 Å². The van der Waals surface area contributed by atoms with Gasteiger partial charge in [-0.15, -0.1) is 11.3 Å². The number of nitrogens with zero attached hydrogens (tertiary/aromatic N) is 2. The maximum atomic E-state index is 11.2. The second-order valence-electron chi connectivity index (χ2n) is 5.57. The molecule has 0 saturated carbocycles. The van der Waals surface area contributed by atoms with Crippen LogP contribution in [0.15, 0.2) is 4.99 Å². The Morgan fingerprint density at radius 1 is 1.21 bits per heavy atom. The summed E-state index contributed by atoms with van der Waals surface area (Å²) in [5, 5.41) is 7.66. The summed E-state index contributed by atoms with van der Waals surface area (Å²) in [4.78, 5) is 21.2. The van der Waals surface area contributed by atoms with E-state index in [4.69, 9.17) is 4.74 Å². The third-order valence-corrected chi connectivity index (χ3v) is 4.68. The van der Waals surface area contributed by atoms with E-state index in [0.717, 1.165) is 48.9 Å². The van der Waals surface area contributed by atoms with Crippen LogP contribution < -0.4 is 10.6 Å². The minimum atomic E-state index is -0.0899. The molecule has 0 aliphatic heterocycles. The van der Waals surface area contributed by atoms with E-state index in [0.29, 0.717) is 19.6 Å². The van der Waals surface area contributed by atoms with Crippen LogP contribution in [0.1, 0.15) is 54.6 Å². The molecule has 7 heteroatoms. The molecule has 0 bridgehead atoms. The summed E-state index contributed by atoms with van der Waals surface area (Å²) < 4.78 is 4.91. The van der Waals surface area contributed by atoms with Crippen molar-refractivity contribution in [3.8, 4) is 0 Å². The van der Waals surface area contributed by atoms with Crippen LogP contribution in [0, 0.1) is 13.8 Å². The Balaban J connectivity index is 2.09. The van der Waals surface area contributed by atoms with Crippen molar-refractivity contribution < 1.29 is 9.53 Å². The highest BCUT2D eigenvalue weighted by molar-refractivity contribution is 7.11. The zero-order valence-corrected chi connectivity index (χ0v) is 16.1. The number of hydrogen-bond donors (Lipinski definition) is 2. The summed E-state index contributed by atoms with van der Waals surface area (Å²) in [7, 11) is 1.77. The number of aromatic nitrogens is 1. The van der Waals surface area contributed by atoms with Crippen LogP contribution in [-0.4, -0.2) is 37.1 Å². The van der Waals surface area contributed by atoms with Crippen molar-refractivity contribution in [2.24, 2.45) is 4.99 Å². The number of aryl methyl sites for hydroxylation is 2. The number of guanidine groups is 1. The predicted molar refractivity (Wildman–Crippen MR) is 99.5 cm³/mol. The second kappa shape index (κ2) is 11.8. The highest BCUT2D eigenvalue weighted by Crippen LogP contribution is 2.15. The lowest BCUT2D eigenvalue weighted by molar-refractivity contribution is -0.143. The number of esters is 1. The van der Waals surface area contributed by atoms with Crippen molar-refractivity contribution >= 4 is 23.3 Å². The zero-order valence-electron chi connectivity index (χ0n) is 15.3. The Bertz CT molecular complexity index is 509. The summed E-state index contributed by atoms with van der Waals surface area (Å²) in [5.41, 5.74) is 1.10. The van der Waals surface area contributed by atoms with Crippen LogP contribution in [0.2, 0.25) is 0 Å². The van der Waals surface area contributed by atoms with Gasteiger partial charge in [-0.25, -0.2) is 4.98 Å². The monoisotopic (exact) mass is 354 g/mol. The molecule has 0 fully saturated rings. The largest absolute Gasteiger partial charge is 0.466 e. The molecule has 0 aliphatic carbocycles. The van der Waals surface area contributed by atoms with Gasteiger partial charge in [-0.05, 0) is 33.6 Å². The Kier molecular flexibility index (Phi) is 10.1. The van der Waals surface area contributed by atoms with Gasteiger partial charge in [0, 0.05) is 24.9 Å². The Hall–Kier alpha value is -1.63. The van der Waals surface area contributed by atoms with Gasteiger partial charge in [-0.1, -0.05) is 12.8 Å². The van der Waals surface area contributed by atoms with Gasteiger partial charge in [-0.3, -0.25) is 9.79 Å². The number of nitrogens with one attached hydrogen (secondary N) is 2. The third kappa shape index (κ3) is 8.29. The van der Waals surface area contributed by atoms with E-state index in [9.17, 15) is 4.79 Å². The molecule has 0 radical (unpaired) electrons. The van der Waals surface area contributed by atoms with Crippen LogP contribution in [-0.2, 0) is 16.1 Å². The minimum absolute atomic E-state index is 0.0899. The Morgan fingerprint density at radius 3 is 2.58 bits per heavy atom. The summed E-state index contributed by atoms with van der Waals surface area (Å²) in [6.45, 7) is 7.99. The SMILES string of the molecule is CCOC(=O)CCCCCCNC(=NC)NCc1nc(C)c(C)s1. The molecule has 0 unspecified atom stereocenters. The molecule has 2 N–H and O–H groups in total. The average molecular weight is 355 g/mol. The second-order valence-corrected chi connectivity index (χ2v) is 6.86. The lowest BCUT2D eigenvalue weighted by Gasteiger charge is -2.10. The summed E-state index contributed by atoms with van der Waals surface area (Å²) >= 11 is 1.72. The molecule has 1 heterocycles. The molecule has 1 aromatic rings. The van der Waals surface area contributed by atoms with Gasteiger partial charge in [0.1, 0.15) is 5.01 Å². The highest BCUT2D eigenvalue weighted by atomic mass is 32.1. The number of ether oxygens (including phenoxy) is 1. The van der Waals surface area contributed by atoms with Gasteiger partial charge in [-0.2, -0.15) is 0 Å². The predicted octanol–water partition coefficient (Wildman–Crippen LogP) is 2.94. The highest BCUT2D eigenvalue weighted by Gasteiger charge is 2.05. The molecule has 24 heavy (non-hydrogen) atoms. The zero-order chi connectivity index (χ0) is 17.8. The van der Waals surface area contributed by atoms with Crippen molar-refractivity contribution in [3.05, 3.63) is 15.6 Å². The molecule has 6 nitrogen and oxygen atoms in total. The Labute approximate surface area is 149 Å². The smallest absolute Gasteiger partial charge is 0.305 e. The molecule has 1 aromatic heterocycles. The molecule has 0 atom stereocenters. The lowest BCUT2D eigenvalue weighted by atomic mass is 10.1. The minimum Gasteiger partial charge on any atom is -0.466 e. The van der Waals surface area contributed by atoms with Crippen molar-refractivity contribution in [3.63, 3.8) is 0 Å². The van der Waals surface area contributed by atoms with Crippen LogP contribution in [0.4, 0.5) is 0 Å². The summed E-state index contributed by atoms with van der Waals surface area (Å²) in [6.07, 6.45) is 4.61. The molecule has 1 rings (SSSR count). The molecular formula is C17H30N4O2S. The lowest BCUT2D eigenvalue weighted by Crippen LogP contribution is -2.37. The quantitative estimate of drug-likeness (QED) is 0.292. The van der Waals surface area contributed by atoms with Gasteiger partial charge in [0.15, 0.2) is 5.96 Å². The Morgan fingerprint density at radius 2 is 1.96 bits per heavy atom. The van der Waals surface area contributed by atoms with E-state index in [2.05, 4.69) is 27.5 Å². The number of hydrogen-bond acceptors (Lipinski definition) is 5. The van der Waals surface area contributed by atoms with E-state index in [1.807, 2.05) is 13.8 Å². The van der Waals surface area contributed by atoms with Crippen molar-refractivity contribution in [2.75, 3.05) is 20.2 Å². The fourth-order valence-electron chi connectivity index (χ4n) is 2.18. The molecule has 0 amide bonds. The molecule has 0 spiro atoms. The van der Waals surface area contributed by atoms with E-state index in [-0.39, 0.29) is 5.97 Å². The number of unbranched alkanes of at least 4 members (excludes halogenated alkanes) is 3. The molecule has 0 aliphatic rings. The number of carbonyl (C=O) groups excluding carboxylic acids is 1. The average Bonchev–Trinajstić information content (AvgIpc) is 2.88. The van der Waals surface area contributed by atoms with Crippen LogP contribution in [0.3, 0.4) is 0 Å². The van der Waals surface area contributed by atoms with E-state index in [1.165, 1.54) is 4.88 Å². The number of carbonyl (C=O) groups is 1. The maximum Gasteiger partial charge on any atom is 0.305 e. The van der Waals surface area contributed by atoms with Gasteiger partial charge in [0.05, 0.1) is 18.8 Å². The molecule has 0 saturated heterocycles. The van der Waals surface area contributed by atoms with Gasteiger partial charge in [0.25, 0.3) is 0 Å². The normalized spacial score (nSPS) is 11.4. The van der Waals surface area contributed by atoms with Gasteiger partial charge >= 0.3 is 5.97 Å². The van der Waals surface area contributed by atoms with E-state index < -0.39 is 0 Å². The molecule has 0 aromatic carbocycles.